The molecule has 2 heterocycles. The molecule has 1 aliphatic heterocycles. The van der Waals surface area contributed by atoms with Gasteiger partial charge in [0.25, 0.3) is 10.0 Å². The van der Waals surface area contributed by atoms with Crippen LogP contribution in [0, 0.1) is 0 Å². The lowest BCUT2D eigenvalue weighted by molar-refractivity contribution is -0.119. The summed E-state index contributed by atoms with van der Waals surface area (Å²) in [6, 6.07) is 12.9. The van der Waals surface area contributed by atoms with Gasteiger partial charge < -0.3 is 10.2 Å². The first-order valence-corrected chi connectivity index (χ1v) is 10.7. The number of carbonyl (C=O) groups excluding carboxylic acids is 1. The van der Waals surface area contributed by atoms with E-state index in [1.165, 1.54) is 18.3 Å². The molecule has 0 spiro atoms. The van der Waals surface area contributed by atoms with Crippen LogP contribution in [-0.2, 0) is 21.4 Å². The molecule has 8 heteroatoms. The van der Waals surface area contributed by atoms with Gasteiger partial charge in [0.2, 0.25) is 5.91 Å². The third kappa shape index (κ3) is 4.15. The summed E-state index contributed by atoms with van der Waals surface area (Å²) in [6.07, 6.45) is 0. The maximum atomic E-state index is 13.3. The second kappa shape index (κ2) is 7.87. The molecule has 6 nitrogen and oxygen atoms in total. The van der Waals surface area contributed by atoms with Crippen LogP contribution in [0.25, 0.3) is 0 Å². The van der Waals surface area contributed by atoms with Crippen molar-refractivity contribution in [3.8, 4) is 0 Å². The molecular formula is C18H23N3O3S2. The minimum absolute atomic E-state index is 0.133. The molecule has 140 valence electrons. The summed E-state index contributed by atoms with van der Waals surface area (Å²) < 4.78 is 28.4. The molecule has 0 saturated carbocycles. The van der Waals surface area contributed by atoms with Gasteiger partial charge in [0.1, 0.15) is 4.21 Å². The number of thiophene rings is 1. The largest absolute Gasteiger partial charge is 0.351 e. The van der Waals surface area contributed by atoms with E-state index in [2.05, 4.69) is 10.2 Å². The maximum Gasteiger partial charge on any atom is 0.253 e. The highest BCUT2D eigenvalue weighted by Crippen LogP contribution is 2.33. The number of hydrogen-bond donors (Lipinski definition) is 1. The number of piperazine rings is 1. The fourth-order valence-corrected chi connectivity index (χ4v) is 6.08. The lowest BCUT2D eigenvalue weighted by Gasteiger charge is -2.39. The van der Waals surface area contributed by atoms with Crippen molar-refractivity contribution in [2.75, 3.05) is 26.7 Å². The normalized spacial score (nSPS) is 19.4. The first-order valence-electron chi connectivity index (χ1n) is 8.46. The Balaban J connectivity index is 1.88. The van der Waals surface area contributed by atoms with Crippen LogP contribution in [0.1, 0.15) is 23.4 Å². The van der Waals surface area contributed by atoms with Crippen molar-refractivity contribution in [2.45, 2.75) is 23.7 Å². The molecule has 0 bridgehead atoms. The Kier molecular flexibility index (Phi) is 5.76. The second-order valence-electron chi connectivity index (χ2n) is 6.43. The number of hydrogen-bond acceptors (Lipinski definition) is 5. The fraction of sp³-hybridized carbons (Fsp3) is 0.389. The number of benzene rings is 1. The average Bonchev–Trinajstić information content (AvgIpc) is 3.10. The highest BCUT2D eigenvalue weighted by atomic mass is 32.2. The highest BCUT2D eigenvalue weighted by Gasteiger charge is 2.36. The van der Waals surface area contributed by atoms with Gasteiger partial charge in [-0.2, -0.15) is 4.31 Å². The van der Waals surface area contributed by atoms with E-state index in [0.717, 1.165) is 10.4 Å². The molecule has 26 heavy (non-hydrogen) atoms. The summed E-state index contributed by atoms with van der Waals surface area (Å²) in [5, 5.41) is 2.70. The van der Waals surface area contributed by atoms with Crippen molar-refractivity contribution in [1.29, 1.82) is 0 Å². The van der Waals surface area contributed by atoms with Gasteiger partial charge in [0.05, 0.1) is 12.6 Å². The van der Waals surface area contributed by atoms with Crippen LogP contribution in [0.3, 0.4) is 0 Å². The number of nitrogens with zero attached hydrogens (tertiary/aromatic N) is 2. The van der Waals surface area contributed by atoms with Gasteiger partial charge in [-0.1, -0.05) is 30.3 Å². The van der Waals surface area contributed by atoms with Crippen LogP contribution in [0.5, 0.6) is 0 Å². The number of likely N-dealkylation sites (N-methyl/N-ethyl adjacent to an activating group) is 1. The molecule has 1 N–H and O–H groups in total. The number of nitrogens with one attached hydrogen (secondary N) is 1. The molecular weight excluding hydrogens is 370 g/mol. The van der Waals surface area contributed by atoms with Crippen LogP contribution in [0.2, 0.25) is 0 Å². The van der Waals surface area contributed by atoms with E-state index in [0.29, 0.717) is 30.4 Å². The Morgan fingerprint density at radius 2 is 1.92 bits per heavy atom. The molecule has 0 aliphatic carbocycles. The van der Waals surface area contributed by atoms with Gasteiger partial charge in [-0.05, 0) is 24.7 Å². The van der Waals surface area contributed by atoms with Crippen LogP contribution in [0.15, 0.2) is 46.7 Å². The predicted octanol–water partition coefficient (Wildman–Crippen LogP) is 2.06. The summed E-state index contributed by atoms with van der Waals surface area (Å²) in [5.74, 6) is -0.133. The SMILES string of the molecule is CC(=O)NCc1ccc(S(=O)(=O)N2CCN(C)CC2c2ccccc2)s1. The van der Waals surface area contributed by atoms with E-state index < -0.39 is 10.0 Å². The molecule has 1 fully saturated rings. The third-order valence-corrected chi connectivity index (χ3v) is 7.89. The maximum absolute atomic E-state index is 13.3. The van der Waals surface area contributed by atoms with Crippen LogP contribution in [-0.4, -0.2) is 50.2 Å². The molecule has 1 atom stereocenters. The van der Waals surface area contributed by atoms with Crippen LogP contribution < -0.4 is 5.32 Å². The quantitative estimate of drug-likeness (QED) is 0.844. The topological polar surface area (TPSA) is 69.7 Å². The van der Waals surface area contributed by atoms with Gasteiger partial charge in [0.15, 0.2) is 0 Å². The number of carbonyl (C=O) groups is 1. The number of rotatable bonds is 5. The zero-order chi connectivity index (χ0) is 18.7. The fourth-order valence-electron chi connectivity index (χ4n) is 3.06. The molecule has 2 aromatic rings. The first-order chi connectivity index (χ1) is 12.4. The zero-order valence-electron chi connectivity index (χ0n) is 14.9. The minimum atomic E-state index is -3.59. The number of sulfonamides is 1. The number of amides is 1. The van der Waals surface area contributed by atoms with E-state index in [1.807, 2.05) is 37.4 Å². The van der Waals surface area contributed by atoms with Crippen molar-refractivity contribution in [1.82, 2.24) is 14.5 Å². The summed E-state index contributed by atoms with van der Waals surface area (Å²) in [5.41, 5.74) is 0.998. The Hall–Kier alpha value is -1.74. The van der Waals surface area contributed by atoms with Crippen molar-refractivity contribution in [3.05, 3.63) is 52.9 Å². The Bertz CT molecular complexity index is 865. The molecule has 1 unspecified atom stereocenters. The Morgan fingerprint density at radius 3 is 2.62 bits per heavy atom. The van der Waals surface area contributed by atoms with E-state index >= 15 is 0 Å². The van der Waals surface area contributed by atoms with Gasteiger partial charge in [-0.3, -0.25) is 4.79 Å². The summed E-state index contributed by atoms with van der Waals surface area (Å²) in [4.78, 5) is 14.0. The molecule has 3 rings (SSSR count). The average molecular weight is 394 g/mol. The first kappa shape index (κ1) is 19.0. The molecule has 0 radical (unpaired) electrons. The van der Waals surface area contributed by atoms with E-state index in [4.69, 9.17) is 0 Å². The van der Waals surface area contributed by atoms with Crippen molar-refractivity contribution in [2.24, 2.45) is 0 Å². The Labute approximate surface area is 158 Å². The van der Waals surface area contributed by atoms with Crippen molar-refractivity contribution in [3.63, 3.8) is 0 Å². The van der Waals surface area contributed by atoms with Crippen LogP contribution >= 0.6 is 11.3 Å². The van der Waals surface area contributed by atoms with Gasteiger partial charge >= 0.3 is 0 Å². The smallest absolute Gasteiger partial charge is 0.253 e. The van der Waals surface area contributed by atoms with Crippen molar-refractivity contribution < 1.29 is 13.2 Å². The summed E-state index contributed by atoms with van der Waals surface area (Å²) >= 11 is 1.22. The molecule has 1 amide bonds. The Morgan fingerprint density at radius 1 is 1.19 bits per heavy atom. The van der Waals surface area contributed by atoms with Gasteiger partial charge in [-0.25, -0.2) is 8.42 Å². The predicted molar refractivity (Wildman–Crippen MR) is 102 cm³/mol. The van der Waals surface area contributed by atoms with E-state index in [-0.39, 0.29) is 11.9 Å². The summed E-state index contributed by atoms with van der Waals surface area (Å²) in [6.45, 7) is 3.61. The molecule has 1 aromatic carbocycles. The monoisotopic (exact) mass is 393 g/mol. The molecule has 1 aromatic heterocycles. The van der Waals surface area contributed by atoms with E-state index in [1.54, 1.807) is 16.4 Å². The van der Waals surface area contributed by atoms with Crippen molar-refractivity contribution >= 4 is 27.3 Å². The zero-order valence-corrected chi connectivity index (χ0v) is 16.5. The molecule has 1 aliphatic rings. The third-order valence-electron chi connectivity index (χ3n) is 4.43. The molecule has 1 saturated heterocycles. The van der Waals surface area contributed by atoms with E-state index in [9.17, 15) is 13.2 Å². The van der Waals surface area contributed by atoms with Crippen LogP contribution in [0.4, 0.5) is 0 Å². The second-order valence-corrected chi connectivity index (χ2v) is 9.72. The lowest BCUT2D eigenvalue weighted by Crippen LogP contribution is -2.49. The standard InChI is InChI=1S/C18H23N3O3S2/c1-14(22)19-12-16-8-9-18(25-16)26(23,24)21-11-10-20(2)13-17(21)15-6-4-3-5-7-15/h3-9,17H,10-13H2,1-2H3,(H,19,22). The minimum Gasteiger partial charge on any atom is -0.351 e. The van der Waals surface area contributed by atoms with Gasteiger partial charge in [0, 0.05) is 31.4 Å². The highest BCUT2D eigenvalue weighted by molar-refractivity contribution is 7.91. The van der Waals surface area contributed by atoms with Gasteiger partial charge in [-0.15, -0.1) is 11.3 Å². The summed E-state index contributed by atoms with van der Waals surface area (Å²) in [7, 11) is -1.58. The lowest BCUT2D eigenvalue weighted by atomic mass is 10.1.